The monoisotopic (exact) mass is 565 g/mol. The summed E-state index contributed by atoms with van der Waals surface area (Å²) in [5, 5.41) is 18.3. The van der Waals surface area contributed by atoms with Crippen LogP contribution in [-0.2, 0) is 23.3 Å². The summed E-state index contributed by atoms with van der Waals surface area (Å²) in [6.07, 6.45) is 5.74. The summed E-state index contributed by atoms with van der Waals surface area (Å²) >= 11 is 6.64. The van der Waals surface area contributed by atoms with Gasteiger partial charge in [0.05, 0.1) is 28.4 Å². The summed E-state index contributed by atoms with van der Waals surface area (Å²) < 4.78 is 3.83. The molecule has 0 saturated heterocycles. The van der Waals surface area contributed by atoms with Crippen molar-refractivity contribution in [3.8, 4) is 5.69 Å². The molecule has 2 N–H and O–H groups in total. The Morgan fingerprint density at radius 3 is 2.59 bits per heavy atom. The molecule has 0 bridgehead atoms. The van der Waals surface area contributed by atoms with Crippen molar-refractivity contribution in [1.29, 1.82) is 0 Å². The third-order valence-corrected chi connectivity index (χ3v) is 8.04. The zero-order chi connectivity index (χ0) is 28.7. The van der Waals surface area contributed by atoms with Crippen LogP contribution >= 0.6 is 11.6 Å². The molecule has 3 heterocycles. The van der Waals surface area contributed by atoms with E-state index >= 15 is 0 Å². The van der Waals surface area contributed by atoms with Crippen molar-refractivity contribution in [1.82, 2.24) is 24.6 Å². The van der Waals surface area contributed by atoms with Crippen molar-refractivity contribution in [2.45, 2.75) is 38.8 Å². The number of carboxylic acid groups (broad SMARTS) is 1. The molecule has 9 heteroatoms. The Morgan fingerprint density at radius 1 is 1.07 bits per heavy atom. The Hall–Kier alpha value is -4.69. The summed E-state index contributed by atoms with van der Waals surface area (Å²) in [7, 11) is 0. The highest BCUT2D eigenvalue weighted by molar-refractivity contribution is 6.34. The molecule has 1 aliphatic heterocycles. The first kappa shape index (κ1) is 26.5. The van der Waals surface area contributed by atoms with Crippen LogP contribution in [0.3, 0.4) is 0 Å². The Morgan fingerprint density at radius 2 is 1.88 bits per heavy atom. The highest BCUT2D eigenvalue weighted by atomic mass is 35.5. The van der Waals surface area contributed by atoms with Crippen molar-refractivity contribution < 1.29 is 14.7 Å². The highest BCUT2D eigenvalue weighted by Gasteiger charge is 2.39. The number of hydrogen-bond acceptors (Lipinski definition) is 4. The molecule has 1 atom stereocenters. The van der Waals surface area contributed by atoms with Crippen molar-refractivity contribution in [2.75, 3.05) is 0 Å². The number of hydrogen-bond donors (Lipinski definition) is 2. The number of aliphatic carboxylic acids is 1. The molecule has 3 aromatic carbocycles. The minimum atomic E-state index is -0.991. The van der Waals surface area contributed by atoms with Crippen LogP contribution in [0.4, 0.5) is 0 Å². The number of fused-ring (bicyclic) bond motifs is 3. The molecule has 206 valence electrons. The minimum Gasteiger partial charge on any atom is -0.478 e. The number of carbonyl (C=O) groups excluding carboxylic acids is 1. The molecule has 6 rings (SSSR count). The fraction of sp³-hybridized carbons (Fsp3) is 0.188. The summed E-state index contributed by atoms with van der Waals surface area (Å²) in [5.74, 6) is -0.630. The Balaban J connectivity index is 1.41. The second-order valence-corrected chi connectivity index (χ2v) is 10.8. The van der Waals surface area contributed by atoms with E-state index in [9.17, 15) is 14.7 Å². The number of halogens is 1. The highest BCUT2D eigenvalue weighted by Crippen LogP contribution is 2.40. The van der Waals surface area contributed by atoms with E-state index in [-0.39, 0.29) is 5.91 Å². The molecule has 0 saturated carbocycles. The lowest BCUT2D eigenvalue weighted by molar-refractivity contribution is -0.131. The van der Waals surface area contributed by atoms with Gasteiger partial charge in [-0.3, -0.25) is 4.79 Å². The number of rotatable bonds is 6. The van der Waals surface area contributed by atoms with Crippen LogP contribution in [0.5, 0.6) is 0 Å². The fourth-order valence-electron chi connectivity index (χ4n) is 5.77. The van der Waals surface area contributed by atoms with E-state index in [1.165, 1.54) is 6.08 Å². The number of carboxylic acids is 1. The molecule has 1 amide bonds. The molecule has 41 heavy (non-hydrogen) atoms. The smallest absolute Gasteiger partial charge is 0.328 e. The van der Waals surface area contributed by atoms with Crippen LogP contribution in [0, 0.1) is 13.8 Å². The number of carbonyl (C=O) groups is 2. The lowest BCUT2D eigenvalue weighted by atomic mass is 9.81. The third kappa shape index (κ3) is 4.91. The summed E-state index contributed by atoms with van der Waals surface area (Å²) in [6.45, 7) is 4.31. The summed E-state index contributed by atoms with van der Waals surface area (Å²) in [4.78, 5) is 29.4. The summed E-state index contributed by atoms with van der Waals surface area (Å²) in [5.41, 5.74) is 5.38. The van der Waals surface area contributed by atoms with Crippen LogP contribution in [0.1, 0.15) is 45.0 Å². The van der Waals surface area contributed by atoms with Gasteiger partial charge in [-0.15, -0.1) is 0 Å². The van der Waals surface area contributed by atoms with Gasteiger partial charge >= 0.3 is 5.97 Å². The van der Waals surface area contributed by atoms with E-state index in [0.29, 0.717) is 41.5 Å². The maximum atomic E-state index is 13.9. The number of aryl methyl sites for hydroxylation is 2. The first-order valence-electron chi connectivity index (χ1n) is 13.3. The van der Waals surface area contributed by atoms with Crippen molar-refractivity contribution in [3.63, 3.8) is 0 Å². The van der Waals surface area contributed by atoms with Gasteiger partial charge in [-0.25, -0.2) is 14.5 Å². The normalized spacial score (nSPS) is 16.7. The molecule has 0 unspecified atom stereocenters. The number of nitrogens with zero attached hydrogens (tertiary/aromatic N) is 4. The fourth-order valence-corrected chi connectivity index (χ4v) is 6.03. The Kier molecular flexibility index (Phi) is 6.71. The molecule has 0 fully saturated rings. The second kappa shape index (κ2) is 10.4. The number of aromatic nitrogens is 4. The van der Waals surface area contributed by atoms with E-state index in [4.69, 9.17) is 11.6 Å². The van der Waals surface area contributed by atoms with E-state index in [2.05, 4.69) is 38.2 Å². The lowest BCUT2D eigenvalue weighted by Crippen LogP contribution is -2.51. The predicted molar refractivity (Wildman–Crippen MR) is 158 cm³/mol. The van der Waals surface area contributed by atoms with E-state index in [1.54, 1.807) is 42.2 Å². The van der Waals surface area contributed by atoms with Crippen LogP contribution in [0.2, 0.25) is 5.02 Å². The molecule has 0 spiro atoms. The first-order valence-corrected chi connectivity index (χ1v) is 13.7. The average Bonchev–Trinajstić information content (AvgIpc) is 3.52. The molecule has 8 nitrogen and oxygen atoms in total. The molecule has 2 aromatic heterocycles. The molecule has 0 aliphatic carbocycles. The van der Waals surface area contributed by atoms with Gasteiger partial charge in [-0.1, -0.05) is 53.6 Å². The van der Waals surface area contributed by atoms with Gasteiger partial charge < -0.3 is 15.0 Å². The minimum absolute atomic E-state index is 0.276. The number of benzene rings is 3. The van der Waals surface area contributed by atoms with Gasteiger partial charge in [0, 0.05) is 28.2 Å². The second-order valence-electron chi connectivity index (χ2n) is 10.4. The van der Waals surface area contributed by atoms with Crippen LogP contribution in [0.15, 0.2) is 79.1 Å². The zero-order valence-corrected chi connectivity index (χ0v) is 23.4. The standard InChI is InChI=1S/C32H28ClN5O3/c1-20-8-12-28-26(16-20)24(11-13-30(39)40)29-14-15-32(18-37(28)29,22-6-4-3-5-7-22)35-31(41)25-10-9-23(17-27(25)33)38-19-34-21(2)36-38/h3-13,16-17,19H,14-15,18H2,1-2H3,(H,35,41)(H,39,40)/t32-/m1/s1. The van der Waals surface area contributed by atoms with Gasteiger partial charge in [0.15, 0.2) is 0 Å². The van der Waals surface area contributed by atoms with E-state index < -0.39 is 11.5 Å². The maximum Gasteiger partial charge on any atom is 0.328 e. The molecule has 5 aromatic rings. The van der Waals surface area contributed by atoms with Crippen LogP contribution in [-0.4, -0.2) is 36.3 Å². The van der Waals surface area contributed by atoms with Crippen molar-refractivity contribution >= 4 is 40.5 Å². The van der Waals surface area contributed by atoms with Crippen molar-refractivity contribution in [3.05, 3.63) is 118 Å². The maximum absolute atomic E-state index is 13.9. The van der Waals surface area contributed by atoms with Gasteiger partial charge in [0.25, 0.3) is 5.91 Å². The van der Waals surface area contributed by atoms with Crippen molar-refractivity contribution in [2.24, 2.45) is 0 Å². The quantitative estimate of drug-likeness (QED) is 0.251. The van der Waals surface area contributed by atoms with Crippen LogP contribution in [0.25, 0.3) is 22.7 Å². The molecule has 0 radical (unpaired) electrons. The average molecular weight is 566 g/mol. The van der Waals surface area contributed by atoms with Crippen LogP contribution < -0.4 is 5.32 Å². The van der Waals surface area contributed by atoms with Gasteiger partial charge in [0.2, 0.25) is 0 Å². The lowest BCUT2D eigenvalue weighted by Gasteiger charge is -2.40. The number of nitrogens with one attached hydrogen (secondary N) is 1. The van der Waals surface area contributed by atoms with Gasteiger partial charge in [0.1, 0.15) is 12.2 Å². The van der Waals surface area contributed by atoms with Gasteiger partial charge in [-0.2, -0.15) is 5.10 Å². The Labute approximate surface area is 241 Å². The third-order valence-electron chi connectivity index (χ3n) is 7.73. The predicted octanol–water partition coefficient (Wildman–Crippen LogP) is 5.86. The zero-order valence-electron chi connectivity index (χ0n) is 22.6. The topological polar surface area (TPSA) is 102 Å². The van der Waals surface area contributed by atoms with Gasteiger partial charge in [-0.05, 0) is 68.7 Å². The molecular formula is C32H28ClN5O3. The number of amides is 1. The molecule has 1 aliphatic rings. The largest absolute Gasteiger partial charge is 0.478 e. The van der Waals surface area contributed by atoms with E-state index in [0.717, 1.165) is 33.3 Å². The SMILES string of the molecule is Cc1ccc2c(c1)c(C=CC(=O)O)c1n2C[C@@](NC(=O)c2ccc(-n3cnc(C)n3)cc2Cl)(c2ccccc2)CC1. The Bertz CT molecular complexity index is 1840. The molecular weight excluding hydrogens is 538 g/mol. The van der Waals surface area contributed by atoms with E-state index in [1.807, 2.05) is 37.3 Å². The first-order chi connectivity index (χ1) is 19.7. The summed E-state index contributed by atoms with van der Waals surface area (Å²) in [6, 6.07) is 21.4.